The molecule has 1 aromatic carbocycles. The number of phenols is 1. The lowest BCUT2D eigenvalue weighted by Crippen LogP contribution is -2.17. The Balaban J connectivity index is 0.00000190. The highest BCUT2D eigenvalue weighted by atomic mass is 16.5. The molecule has 0 unspecified atom stereocenters. The number of aliphatic hydroxyl groups excluding tert-OH is 1. The van der Waals surface area contributed by atoms with Crippen molar-refractivity contribution in [1.29, 1.82) is 0 Å². The molecule has 0 bridgehead atoms. The van der Waals surface area contributed by atoms with Crippen LogP contribution in [0.15, 0.2) is 29.9 Å². The van der Waals surface area contributed by atoms with Crippen LogP contribution < -0.4 is 4.74 Å². The topological polar surface area (TPSA) is 93.1 Å². The van der Waals surface area contributed by atoms with Gasteiger partial charge in [0.2, 0.25) is 0 Å². The highest BCUT2D eigenvalue weighted by molar-refractivity contribution is 5.97. The molecule has 6 nitrogen and oxygen atoms in total. The molecule has 0 saturated heterocycles. The van der Waals surface area contributed by atoms with E-state index in [4.69, 9.17) is 9.47 Å². The summed E-state index contributed by atoms with van der Waals surface area (Å²) in [6, 6.07) is 2.95. The minimum atomic E-state index is -0.822. The molecule has 2 N–H and O–H groups in total. The Labute approximate surface area is 166 Å². The molecule has 0 radical (unpaired) electrons. The van der Waals surface area contributed by atoms with Crippen LogP contribution in [0.1, 0.15) is 62.9 Å². The molecule has 1 aliphatic heterocycles. The number of ether oxygens (including phenoxy) is 2. The Morgan fingerprint density at radius 3 is 2.50 bits per heavy atom. The minimum Gasteiger partial charge on any atom is -0.507 e. The number of phenolic OH excluding ortho intramolecular Hbond substituents is 1. The Morgan fingerprint density at radius 1 is 1.18 bits per heavy atom. The van der Waals surface area contributed by atoms with Crippen molar-refractivity contribution in [3.05, 3.63) is 41.0 Å². The van der Waals surface area contributed by atoms with E-state index in [0.717, 1.165) is 0 Å². The lowest BCUT2D eigenvalue weighted by atomic mass is 10.0. The van der Waals surface area contributed by atoms with Crippen LogP contribution in [0.5, 0.6) is 11.5 Å². The van der Waals surface area contributed by atoms with Gasteiger partial charge in [-0.15, -0.1) is 0 Å². The summed E-state index contributed by atoms with van der Waals surface area (Å²) in [5.74, 6) is -0.647. The van der Waals surface area contributed by atoms with Gasteiger partial charge < -0.3 is 19.7 Å². The van der Waals surface area contributed by atoms with Gasteiger partial charge >= 0.3 is 5.97 Å². The van der Waals surface area contributed by atoms with Gasteiger partial charge in [0.1, 0.15) is 23.2 Å². The number of hydrogen-bond donors (Lipinski definition) is 2. The standard InChI is InChI=1S/C20H24O6.C2H6/c1-12-7-8-13(2)26-20(24)19-14(9-16(25-3)11-18(19)23)5-4-6-15(21)10-17(12)22;1-2/h4-5,7,9,11,13,15,21,23H,6,8,10H2,1-3H3;1-2H3/b5-4+,12-7-;/t13-,15-;/m0./s1. The van der Waals surface area contributed by atoms with E-state index in [1.165, 1.54) is 13.2 Å². The van der Waals surface area contributed by atoms with Crippen molar-refractivity contribution in [2.75, 3.05) is 7.11 Å². The molecular weight excluding hydrogens is 360 g/mol. The number of benzene rings is 1. The largest absolute Gasteiger partial charge is 0.507 e. The van der Waals surface area contributed by atoms with Crippen molar-refractivity contribution >= 4 is 17.8 Å². The second-order valence-corrected chi connectivity index (χ2v) is 6.37. The second kappa shape index (κ2) is 11.3. The molecule has 2 rings (SSSR count). The Morgan fingerprint density at radius 2 is 1.86 bits per heavy atom. The molecule has 28 heavy (non-hydrogen) atoms. The van der Waals surface area contributed by atoms with Gasteiger partial charge in [0.05, 0.1) is 13.2 Å². The molecule has 1 aliphatic rings. The summed E-state index contributed by atoms with van der Waals surface area (Å²) in [5, 5.41) is 20.3. The minimum absolute atomic E-state index is 0.0249. The summed E-state index contributed by atoms with van der Waals surface area (Å²) in [5.41, 5.74) is 0.986. The van der Waals surface area contributed by atoms with Gasteiger partial charge in [-0.2, -0.15) is 0 Å². The van der Waals surface area contributed by atoms with Crippen molar-refractivity contribution in [3.8, 4) is 11.5 Å². The third-order valence-corrected chi connectivity index (χ3v) is 4.19. The lowest BCUT2D eigenvalue weighted by molar-refractivity contribution is -0.117. The molecule has 0 saturated carbocycles. The highest BCUT2D eigenvalue weighted by Gasteiger charge is 2.21. The number of rotatable bonds is 1. The maximum Gasteiger partial charge on any atom is 0.342 e. The molecule has 0 amide bonds. The van der Waals surface area contributed by atoms with E-state index in [2.05, 4.69) is 0 Å². The van der Waals surface area contributed by atoms with Gasteiger partial charge in [0.25, 0.3) is 0 Å². The lowest BCUT2D eigenvalue weighted by Gasteiger charge is -2.16. The van der Waals surface area contributed by atoms with Gasteiger partial charge in [-0.3, -0.25) is 4.79 Å². The number of cyclic esters (lactones) is 1. The predicted molar refractivity (Wildman–Crippen MR) is 109 cm³/mol. The number of allylic oxidation sites excluding steroid dienone is 1. The first kappa shape index (κ1) is 23.4. The number of methoxy groups -OCH3 is 1. The zero-order chi connectivity index (χ0) is 21.3. The highest BCUT2D eigenvalue weighted by Crippen LogP contribution is 2.30. The van der Waals surface area contributed by atoms with Crippen LogP contribution in [0.4, 0.5) is 0 Å². The zero-order valence-corrected chi connectivity index (χ0v) is 17.2. The molecule has 154 valence electrons. The van der Waals surface area contributed by atoms with Crippen LogP contribution in [0, 0.1) is 0 Å². The molecule has 0 spiro atoms. The Bertz CT molecular complexity index is 748. The Kier molecular flexibility index (Phi) is 9.45. The Hall–Kier alpha value is -2.60. The van der Waals surface area contributed by atoms with Gasteiger partial charge in [-0.05, 0) is 37.5 Å². The van der Waals surface area contributed by atoms with Gasteiger partial charge in [-0.25, -0.2) is 4.79 Å². The van der Waals surface area contributed by atoms with Crippen LogP contribution >= 0.6 is 0 Å². The predicted octanol–water partition coefficient (Wildman–Crippen LogP) is 4.05. The van der Waals surface area contributed by atoms with Gasteiger partial charge in [-0.1, -0.05) is 32.1 Å². The quantitative estimate of drug-likeness (QED) is 0.703. The number of aliphatic hydroxyl groups is 1. The van der Waals surface area contributed by atoms with Crippen molar-refractivity contribution in [1.82, 2.24) is 0 Å². The summed E-state index contributed by atoms with van der Waals surface area (Å²) >= 11 is 0. The summed E-state index contributed by atoms with van der Waals surface area (Å²) in [4.78, 5) is 24.6. The molecule has 1 heterocycles. The first-order chi connectivity index (χ1) is 13.3. The fourth-order valence-electron chi connectivity index (χ4n) is 2.65. The fraction of sp³-hybridized carbons (Fsp3) is 0.455. The third kappa shape index (κ3) is 6.53. The monoisotopic (exact) mass is 390 g/mol. The molecule has 0 aromatic heterocycles. The van der Waals surface area contributed by atoms with Crippen molar-refractivity contribution in [2.45, 2.75) is 59.2 Å². The first-order valence-corrected chi connectivity index (χ1v) is 9.48. The van der Waals surface area contributed by atoms with E-state index < -0.39 is 18.2 Å². The van der Waals surface area contributed by atoms with Crippen LogP contribution in [-0.4, -0.2) is 41.3 Å². The average Bonchev–Trinajstić information content (AvgIpc) is 2.66. The number of carbonyl (C=O) groups is 2. The number of hydrogen-bond acceptors (Lipinski definition) is 6. The molecule has 0 fully saturated rings. The van der Waals surface area contributed by atoms with Crippen molar-refractivity contribution in [3.63, 3.8) is 0 Å². The average molecular weight is 390 g/mol. The zero-order valence-electron chi connectivity index (χ0n) is 17.2. The van der Waals surface area contributed by atoms with E-state index in [-0.39, 0.29) is 29.9 Å². The van der Waals surface area contributed by atoms with E-state index in [9.17, 15) is 19.8 Å². The maximum absolute atomic E-state index is 12.5. The van der Waals surface area contributed by atoms with Crippen LogP contribution in [0.25, 0.3) is 6.08 Å². The SMILES string of the molecule is CC.COc1cc(O)c2c(c1)/C=C/C[C@H](O)CC(=O)/C(C)=C\C[C@H](C)OC2=O. The fourth-order valence-corrected chi connectivity index (χ4v) is 2.65. The normalized spacial score (nSPS) is 23.7. The van der Waals surface area contributed by atoms with E-state index in [1.807, 2.05) is 13.8 Å². The van der Waals surface area contributed by atoms with E-state index >= 15 is 0 Å². The molecule has 6 heteroatoms. The van der Waals surface area contributed by atoms with Crippen molar-refractivity contribution < 1.29 is 29.3 Å². The number of fused-ring (bicyclic) bond motifs is 1. The number of carbonyl (C=O) groups excluding carboxylic acids is 2. The molecule has 2 atom stereocenters. The van der Waals surface area contributed by atoms with Crippen LogP contribution in [0.2, 0.25) is 0 Å². The smallest absolute Gasteiger partial charge is 0.342 e. The van der Waals surface area contributed by atoms with Gasteiger partial charge in [0, 0.05) is 18.9 Å². The maximum atomic E-state index is 12.5. The molecule has 1 aromatic rings. The second-order valence-electron chi connectivity index (χ2n) is 6.37. The summed E-state index contributed by atoms with van der Waals surface area (Å²) in [6.45, 7) is 7.39. The van der Waals surface area contributed by atoms with E-state index in [0.29, 0.717) is 23.3 Å². The van der Waals surface area contributed by atoms with Crippen LogP contribution in [-0.2, 0) is 9.53 Å². The molecule has 0 aliphatic carbocycles. The summed E-state index contributed by atoms with van der Waals surface area (Å²) in [6.07, 6.45) is 4.28. The van der Waals surface area contributed by atoms with Gasteiger partial charge in [0.15, 0.2) is 5.78 Å². The van der Waals surface area contributed by atoms with Crippen molar-refractivity contribution in [2.24, 2.45) is 0 Å². The first-order valence-electron chi connectivity index (χ1n) is 9.48. The summed E-state index contributed by atoms with van der Waals surface area (Å²) < 4.78 is 10.5. The molecular formula is C22H30O6. The number of esters is 1. The number of ketones is 1. The third-order valence-electron chi connectivity index (χ3n) is 4.19. The van der Waals surface area contributed by atoms with Crippen LogP contribution in [0.3, 0.4) is 0 Å². The summed E-state index contributed by atoms with van der Waals surface area (Å²) in [7, 11) is 1.46. The van der Waals surface area contributed by atoms with E-state index in [1.54, 1.807) is 38.1 Å². The number of Topliss-reactive ketones (excluding diaryl/α,β-unsaturated/α-hetero) is 1. The number of aromatic hydroxyl groups is 1.